The van der Waals surface area contributed by atoms with Crippen molar-refractivity contribution in [3.05, 3.63) is 61.8 Å². The fourth-order valence-corrected chi connectivity index (χ4v) is 4.75. The van der Waals surface area contributed by atoms with Gasteiger partial charge in [-0.15, -0.1) is 5.10 Å². The van der Waals surface area contributed by atoms with Crippen molar-refractivity contribution in [2.24, 2.45) is 0 Å². The van der Waals surface area contributed by atoms with Crippen LogP contribution in [0, 0.1) is 6.92 Å². The molecule has 3 aromatic rings. The maximum Gasteiger partial charge on any atom is 0.387 e. The van der Waals surface area contributed by atoms with E-state index in [0.29, 0.717) is 0 Å². The van der Waals surface area contributed by atoms with Gasteiger partial charge in [0.1, 0.15) is 10.6 Å². The molecule has 1 heterocycles. The van der Waals surface area contributed by atoms with E-state index in [0.717, 1.165) is 22.9 Å². The van der Waals surface area contributed by atoms with Crippen molar-refractivity contribution in [2.75, 3.05) is 0 Å². The lowest BCUT2D eigenvalue weighted by Crippen LogP contribution is -2.31. The van der Waals surface area contributed by atoms with Crippen LogP contribution in [0.3, 0.4) is 0 Å². The minimum absolute atomic E-state index is 0.0293. The van der Waals surface area contributed by atoms with Gasteiger partial charge in [-0.3, -0.25) is 4.79 Å². The van der Waals surface area contributed by atoms with Crippen molar-refractivity contribution in [1.82, 2.24) is 19.7 Å². The summed E-state index contributed by atoms with van der Waals surface area (Å²) in [5.74, 6) is -1.29. The first kappa shape index (κ1) is 24.5. The molecule has 3 rings (SSSR count). The van der Waals surface area contributed by atoms with Gasteiger partial charge in [0.05, 0.1) is 31.5 Å². The van der Waals surface area contributed by atoms with Gasteiger partial charge in [-0.05, 0) is 31.2 Å². The number of benzene rings is 2. The number of aromatic nitrogens is 3. The summed E-state index contributed by atoms with van der Waals surface area (Å²) in [6, 6.07) is 5.77. The molecule has 0 radical (unpaired) electrons. The van der Waals surface area contributed by atoms with Crippen molar-refractivity contribution < 1.29 is 26.7 Å². The molecule has 32 heavy (non-hydrogen) atoms. The zero-order valence-corrected chi connectivity index (χ0v) is 19.5. The Bertz CT molecular complexity index is 1320. The van der Waals surface area contributed by atoms with Gasteiger partial charge in [0.15, 0.2) is 5.69 Å². The Balaban J connectivity index is 1.90. The Hall–Kier alpha value is -2.18. The van der Waals surface area contributed by atoms with E-state index in [1.165, 1.54) is 19.1 Å². The number of nitrogens with zero attached hydrogens (tertiary/aromatic N) is 3. The Morgan fingerprint density at radius 3 is 2.34 bits per heavy atom. The molecule has 15 heteroatoms. The van der Waals surface area contributed by atoms with Crippen molar-refractivity contribution >= 4 is 62.3 Å². The highest BCUT2D eigenvalue weighted by molar-refractivity contribution is 7.90. The second-order valence-corrected chi connectivity index (χ2v) is 9.34. The van der Waals surface area contributed by atoms with Gasteiger partial charge in [-0.1, -0.05) is 51.6 Å². The predicted octanol–water partition coefficient (Wildman–Crippen LogP) is 4.91. The van der Waals surface area contributed by atoms with Crippen LogP contribution < -0.4 is 9.46 Å². The van der Waals surface area contributed by atoms with Crippen LogP contribution in [0.2, 0.25) is 20.1 Å². The molecule has 1 N–H and O–H groups in total. The topological polar surface area (TPSA) is 103 Å². The highest BCUT2D eigenvalue weighted by Gasteiger charge is 2.26. The van der Waals surface area contributed by atoms with E-state index < -0.39 is 27.4 Å². The second kappa shape index (κ2) is 9.36. The maximum atomic E-state index is 12.6. The van der Waals surface area contributed by atoms with Gasteiger partial charge in [0, 0.05) is 6.07 Å². The number of rotatable bonds is 6. The van der Waals surface area contributed by atoms with Gasteiger partial charge in [-0.2, -0.15) is 8.78 Å². The van der Waals surface area contributed by atoms with Crippen molar-refractivity contribution in [2.45, 2.75) is 18.4 Å². The SMILES string of the molecule is Cc1c(C(=O)NS(=O)(=O)c2cc(Cl)c(Cl)cc2Cl)nnn1-c1ccc(OC(F)F)cc1Cl. The molecule has 0 atom stereocenters. The summed E-state index contributed by atoms with van der Waals surface area (Å²) in [7, 11) is -4.44. The van der Waals surface area contributed by atoms with Crippen LogP contribution in [0.25, 0.3) is 5.69 Å². The van der Waals surface area contributed by atoms with Crippen LogP contribution in [0.1, 0.15) is 16.2 Å². The number of nitrogens with one attached hydrogen (secondary N) is 1. The average molecular weight is 546 g/mol. The van der Waals surface area contributed by atoms with Crippen LogP contribution in [0.4, 0.5) is 8.78 Å². The fraction of sp³-hybridized carbons (Fsp3) is 0.118. The number of ether oxygens (including phenoxy) is 1. The Labute approximate surface area is 200 Å². The molecule has 0 aliphatic heterocycles. The summed E-state index contributed by atoms with van der Waals surface area (Å²) >= 11 is 23.6. The molecule has 2 aromatic carbocycles. The monoisotopic (exact) mass is 544 g/mol. The minimum Gasteiger partial charge on any atom is -0.435 e. The molecule has 0 aliphatic rings. The van der Waals surface area contributed by atoms with E-state index in [4.69, 9.17) is 46.4 Å². The molecule has 0 fully saturated rings. The Kier molecular flexibility index (Phi) is 7.15. The van der Waals surface area contributed by atoms with Crippen LogP contribution >= 0.6 is 46.4 Å². The van der Waals surface area contributed by atoms with Gasteiger partial charge in [-0.25, -0.2) is 17.8 Å². The van der Waals surface area contributed by atoms with Gasteiger partial charge < -0.3 is 4.74 Å². The molecule has 0 bridgehead atoms. The lowest BCUT2D eigenvalue weighted by Gasteiger charge is -2.10. The summed E-state index contributed by atoms with van der Waals surface area (Å²) in [4.78, 5) is 12.1. The quantitative estimate of drug-likeness (QED) is 0.441. The zero-order valence-electron chi connectivity index (χ0n) is 15.6. The third kappa shape index (κ3) is 5.07. The van der Waals surface area contributed by atoms with Crippen molar-refractivity contribution in [3.63, 3.8) is 0 Å². The van der Waals surface area contributed by atoms with E-state index in [1.807, 2.05) is 4.72 Å². The van der Waals surface area contributed by atoms with E-state index >= 15 is 0 Å². The lowest BCUT2D eigenvalue weighted by atomic mass is 10.2. The van der Waals surface area contributed by atoms with E-state index in [-0.39, 0.29) is 42.9 Å². The van der Waals surface area contributed by atoms with E-state index in [1.54, 1.807) is 0 Å². The number of amides is 1. The minimum atomic E-state index is -4.44. The molecular formula is C17H10Cl4F2N4O4S. The van der Waals surface area contributed by atoms with Crippen LogP contribution in [-0.4, -0.2) is 35.9 Å². The average Bonchev–Trinajstić information content (AvgIpc) is 3.05. The number of alkyl halides is 2. The third-order valence-electron chi connectivity index (χ3n) is 3.97. The molecule has 170 valence electrons. The smallest absolute Gasteiger partial charge is 0.387 e. The summed E-state index contributed by atoms with van der Waals surface area (Å²) in [5.41, 5.74) is -0.0381. The molecular weight excluding hydrogens is 536 g/mol. The van der Waals surface area contributed by atoms with Gasteiger partial charge >= 0.3 is 6.61 Å². The summed E-state index contributed by atoms with van der Waals surface area (Å²) < 4.78 is 57.1. The molecule has 1 amide bonds. The largest absolute Gasteiger partial charge is 0.435 e. The molecule has 0 unspecified atom stereocenters. The number of hydrogen-bond donors (Lipinski definition) is 1. The van der Waals surface area contributed by atoms with Gasteiger partial charge in [0.25, 0.3) is 15.9 Å². The highest BCUT2D eigenvalue weighted by atomic mass is 35.5. The van der Waals surface area contributed by atoms with E-state index in [9.17, 15) is 22.0 Å². The van der Waals surface area contributed by atoms with Gasteiger partial charge in [0.2, 0.25) is 0 Å². The molecule has 0 aliphatic carbocycles. The maximum absolute atomic E-state index is 12.6. The van der Waals surface area contributed by atoms with Crippen molar-refractivity contribution in [1.29, 1.82) is 0 Å². The predicted molar refractivity (Wildman–Crippen MR) is 114 cm³/mol. The fourth-order valence-electron chi connectivity index (χ4n) is 2.54. The normalized spacial score (nSPS) is 11.6. The molecule has 1 aromatic heterocycles. The zero-order chi connectivity index (χ0) is 23.8. The number of carbonyl (C=O) groups is 1. The number of sulfonamides is 1. The first-order valence-electron chi connectivity index (χ1n) is 8.29. The first-order valence-corrected chi connectivity index (χ1v) is 11.3. The molecule has 0 spiro atoms. The Morgan fingerprint density at radius 2 is 1.72 bits per heavy atom. The Morgan fingerprint density at radius 1 is 1.06 bits per heavy atom. The second-order valence-electron chi connectivity index (χ2n) is 6.06. The lowest BCUT2D eigenvalue weighted by molar-refractivity contribution is -0.0498. The summed E-state index contributed by atoms with van der Waals surface area (Å²) in [5, 5.41) is 7.13. The highest BCUT2D eigenvalue weighted by Crippen LogP contribution is 2.32. The van der Waals surface area contributed by atoms with Crippen LogP contribution in [0.15, 0.2) is 35.2 Å². The third-order valence-corrected chi connectivity index (χ3v) is 6.79. The molecule has 0 saturated carbocycles. The number of halogens is 6. The van der Waals surface area contributed by atoms with Crippen LogP contribution in [-0.2, 0) is 10.0 Å². The molecule has 8 nitrogen and oxygen atoms in total. The summed E-state index contributed by atoms with van der Waals surface area (Å²) in [6.45, 7) is -1.61. The summed E-state index contributed by atoms with van der Waals surface area (Å²) in [6.07, 6.45) is 0. The van der Waals surface area contributed by atoms with Crippen molar-refractivity contribution in [3.8, 4) is 11.4 Å². The first-order chi connectivity index (χ1) is 14.9. The molecule has 0 saturated heterocycles. The van der Waals surface area contributed by atoms with Crippen LogP contribution in [0.5, 0.6) is 5.75 Å². The number of hydrogen-bond acceptors (Lipinski definition) is 6. The number of carbonyl (C=O) groups excluding carboxylic acids is 1. The standard InChI is InChI=1S/C17H10Cl4F2N4O4S/c1-7-15(16(28)25-32(29,30)14-6-10(19)9(18)5-12(14)21)24-26-27(7)13-3-2-8(4-11(13)20)31-17(22)23/h2-6,17H,1H3,(H,25,28). The van der Waals surface area contributed by atoms with E-state index in [2.05, 4.69) is 15.0 Å².